The van der Waals surface area contributed by atoms with Crippen molar-refractivity contribution in [2.45, 2.75) is 71.3 Å². The molecule has 0 bridgehead atoms. The third-order valence-corrected chi connectivity index (χ3v) is 4.10. The second kappa shape index (κ2) is 7.81. The molecule has 0 spiro atoms. The van der Waals surface area contributed by atoms with E-state index in [9.17, 15) is 0 Å². The van der Waals surface area contributed by atoms with Crippen LogP contribution in [-0.2, 0) is 4.74 Å². The Labute approximate surface area is 129 Å². The highest BCUT2D eigenvalue weighted by atomic mass is 16.5. The van der Waals surface area contributed by atoms with Crippen LogP contribution in [0.4, 0.5) is 0 Å². The zero-order valence-electron chi connectivity index (χ0n) is 13.8. The summed E-state index contributed by atoms with van der Waals surface area (Å²) >= 11 is 0. The Morgan fingerprint density at radius 3 is 2.29 bits per heavy atom. The van der Waals surface area contributed by atoms with Crippen molar-refractivity contribution in [3.63, 3.8) is 0 Å². The fraction of sp³-hybridized carbons (Fsp3) is 0.667. The highest BCUT2D eigenvalue weighted by Crippen LogP contribution is 2.25. The van der Waals surface area contributed by atoms with Crippen LogP contribution in [0.1, 0.15) is 58.6 Å². The van der Waals surface area contributed by atoms with Gasteiger partial charge in [-0.15, -0.1) is 0 Å². The van der Waals surface area contributed by atoms with Gasteiger partial charge in [0.2, 0.25) is 0 Å². The maximum atomic E-state index is 6.12. The normalized spacial score (nSPS) is 27.3. The first kappa shape index (κ1) is 16.3. The molecule has 21 heavy (non-hydrogen) atoms. The number of nitrogens with one attached hydrogen (secondary N) is 1. The fourth-order valence-corrected chi connectivity index (χ4v) is 3.16. The second-order valence-electron chi connectivity index (χ2n) is 6.06. The van der Waals surface area contributed by atoms with Gasteiger partial charge in [-0.25, -0.2) is 0 Å². The van der Waals surface area contributed by atoms with E-state index in [0.29, 0.717) is 6.04 Å². The van der Waals surface area contributed by atoms with Gasteiger partial charge in [-0.2, -0.15) is 0 Å². The number of ether oxygens (including phenoxy) is 2. The van der Waals surface area contributed by atoms with E-state index in [-0.39, 0.29) is 18.3 Å². The molecule has 0 radical (unpaired) electrons. The number of rotatable bonds is 6. The van der Waals surface area contributed by atoms with Crippen LogP contribution in [0.3, 0.4) is 0 Å². The van der Waals surface area contributed by atoms with E-state index in [0.717, 1.165) is 31.6 Å². The van der Waals surface area contributed by atoms with E-state index in [4.69, 9.17) is 9.47 Å². The topological polar surface area (TPSA) is 30.5 Å². The first-order valence-corrected chi connectivity index (χ1v) is 8.27. The van der Waals surface area contributed by atoms with E-state index in [2.05, 4.69) is 57.3 Å². The van der Waals surface area contributed by atoms with Crippen LogP contribution in [0, 0.1) is 0 Å². The molecule has 3 nitrogen and oxygen atoms in total. The van der Waals surface area contributed by atoms with Gasteiger partial charge >= 0.3 is 0 Å². The van der Waals surface area contributed by atoms with Crippen molar-refractivity contribution in [2.75, 3.05) is 6.54 Å². The van der Waals surface area contributed by atoms with E-state index in [1.807, 2.05) is 0 Å². The number of benzene rings is 1. The van der Waals surface area contributed by atoms with Gasteiger partial charge in [-0.3, -0.25) is 0 Å². The monoisotopic (exact) mass is 291 g/mol. The lowest BCUT2D eigenvalue weighted by molar-refractivity contribution is -0.0721. The van der Waals surface area contributed by atoms with Gasteiger partial charge in [-0.1, -0.05) is 26.0 Å². The molecule has 2 rings (SSSR count). The number of hydrogen-bond acceptors (Lipinski definition) is 3. The average Bonchev–Trinajstić information content (AvgIpc) is 2.45. The van der Waals surface area contributed by atoms with Crippen LogP contribution in [0.2, 0.25) is 0 Å². The lowest BCUT2D eigenvalue weighted by Crippen LogP contribution is -2.35. The smallest absolute Gasteiger partial charge is 0.119 e. The Balaban J connectivity index is 1.95. The van der Waals surface area contributed by atoms with Crippen molar-refractivity contribution >= 4 is 0 Å². The van der Waals surface area contributed by atoms with Gasteiger partial charge in [0.25, 0.3) is 0 Å². The van der Waals surface area contributed by atoms with E-state index in [1.54, 1.807) is 0 Å². The summed E-state index contributed by atoms with van der Waals surface area (Å²) in [5.74, 6) is 0.969. The summed E-state index contributed by atoms with van der Waals surface area (Å²) < 4.78 is 11.9. The van der Waals surface area contributed by atoms with Crippen LogP contribution >= 0.6 is 0 Å². The van der Waals surface area contributed by atoms with E-state index < -0.39 is 0 Å². The Morgan fingerprint density at radius 1 is 1.14 bits per heavy atom. The molecule has 0 aliphatic carbocycles. The van der Waals surface area contributed by atoms with Gasteiger partial charge < -0.3 is 14.8 Å². The Morgan fingerprint density at radius 2 is 1.76 bits per heavy atom. The molecule has 3 heteroatoms. The van der Waals surface area contributed by atoms with Crippen LogP contribution in [-0.4, -0.2) is 24.9 Å². The standard InChI is InChI=1S/C18H29NO2/c1-5-18(19-6-2)15-7-9-16(10-8-15)21-17-11-13(3)20-14(4)12-17/h7-10,13-14,17-19H,5-6,11-12H2,1-4H3. The van der Waals surface area contributed by atoms with Gasteiger partial charge in [0.05, 0.1) is 12.2 Å². The molecule has 118 valence electrons. The summed E-state index contributed by atoms with van der Waals surface area (Å²) in [6, 6.07) is 8.99. The van der Waals surface area contributed by atoms with Gasteiger partial charge in [0.15, 0.2) is 0 Å². The molecule has 1 N–H and O–H groups in total. The van der Waals surface area contributed by atoms with E-state index >= 15 is 0 Å². The molecule has 1 aromatic carbocycles. The highest BCUT2D eigenvalue weighted by Gasteiger charge is 2.25. The lowest BCUT2D eigenvalue weighted by atomic mass is 10.0. The third-order valence-electron chi connectivity index (χ3n) is 4.10. The summed E-state index contributed by atoms with van der Waals surface area (Å²) in [4.78, 5) is 0. The quantitative estimate of drug-likeness (QED) is 0.856. The first-order chi connectivity index (χ1) is 10.1. The summed E-state index contributed by atoms with van der Waals surface area (Å²) in [5, 5.41) is 3.50. The average molecular weight is 291 g/mol. The Bertz CT molecular complexity index is 408. The van der Waals surface area contributed by atoms with Crippen molar-refractivity contribution in [1.29, 1.82) is 0 Å². The maximum Gasteiger partial charge on any atom is 0.119 e. The predicted octanol–water partition coefficient (Wildman–Crippen LogP) is 4.08. The van der Waals surface area contributed by atoms with E-state index in [1.165, 1.54) is 5.56 Å². The third kappa shape index (κ3) is 4.72. The molecular weight excluding hydrogens is 262 g/mol. The lowest BCUT2D eigenvalue weighted by Gasteiger charge is -2.32. The van der Waals surface area contributed by atoms with Crippen molar-refractivity contribution in [3.05, 3.63) is 29.8 Å². The summed E-state index contributed by atoms with van der Waals surface area (Å²) in [7, 11) is 0. The number of hydrogen-bond donors (Lipinski definition) is 1. The fourth-order valence-electron chi connectivity index (χ4n) is 3.16. The minimum Gasteiger partial charge on any atom is -0.490 e. The van der Waals surface area contributed by atoms with Gasteiger partial charge in [0, 0.05) is 18.9 Å². The van der Waals surface area contributed by atoms with Crippen LogP contribution < -0.4 is 10.1 Å². The largest absolute Gasteiger partial charge is 0.490 e. The summed E-state index contributed by atoms with van der Waals surface area (Å²) in [5.41, 5.74) is 1.33. The molecule has 1 saturated heterocycles. The zero-order chi connectivity index (χ0) is 15.2. The predicted molar refractivity (Wildman–Crippen MR) is 86.8 cm³/mol. The minimum atomic E-state index is 0.269. The van der Waals surface area contributed by atoms with Crippen molar-refractivity contribution in [3.8, 4) is 5.75 Å². The van der Waals surface area contributed by atoms with Crippen molar-refractivity contribution < 1.29 is 9.47 Å². The molecule has 3 unspecified atom stereocenters. The molecule has 3 atom stereocenters. The zero-order valence-corrected chi connectivity index (χ0v) is 13.8. The van der Waals surface area contributed by atoms with Crippen LogP contribution in [0.25, 0.3) is 0 Å². The highest BCUT2D eigenvalue weighted by molar-refractivity contribution is 5.29. The molecule has 1 aliphatic heterocycles. The molecule has 0 saturated carbocycles. The Kier molecular flexibility index (Phi) is 6.07. The van der Waals surface area contributed by atoms with Gasteiger partial charge in [0.1, 0.15) is 11.9 Å². The summed E-state index contributed by atoms with van der Waals surface area (Å²) in [6.07, 6.45) is 3.89. The summed E-state index contributed by atoms with van der Waals surface area (Å²) in [6.45, 7) is 9.60. The first-order valence-electron chi connectivity index (χ1n) is 8.27. The maximum absolute atomic E-state index is 6.12. The molecule has 1 aliphatic rings. The Hall–Kier alpha value is -1.06. The molecule has 1 fully saturated rings. The molecule has 0 amide bonds. The minimum absolute atomic E-state index is 0.269. The van der Waals surface area contributed by atoms with Gasteiger partial charge in [-0.05, 0) is 44.5 Å². The van der Waals surface area contributed by atoms with Crippen LogP contribution in [0.15, 0.2) is 24.3 Å². The molecule has 1 aromatic rings. The molecule has 0 aromatic heterocycles. The molecular formula is C18H29NO2. The van der Waals surface area contributed by atoms with Crippen molar-refractivity contribution in [1.82, 2.24) is 5.32 Å². The molecule has 1 heterocycles. The van der Waals surface area contributed by atoms with Crippen molar-refractivity contribution in [2.24, 2.45) is 0 Å². The SMILES string of the molecule is CCNC(CC)c1ccc(OC2CC(C)OC(C)C2)cc1. The second-order valence-corrected chi connectivity index (χ2v) is 6.06. The van der Waals surface area contributed by atoms with Crippen LogP contribution in [0.5, 0.6) is 5.75 Å².